The second kappa shape index (κ2) is 8.47. The molecule has 8 nitrogen and oxygen atoms in total. The Morgan fingerprint density at radius 3 is 2.85 bits per heavy atom. The Kier molecular flexibility index (Phi) is 5.84. The molecule has 0 aromatic carbocycles. The lowest BCUT2D eigenvalue weighted by Gasteiger charge is -2.23. The van der Waals surface area contributed by atoms with E-state index in [2.05, 4.69) is 25.3 Å². The summed E-state index contributed by atoms with van der Waals surface area (Å²) in [6.07, 6.45) is 4.56. The van der Waals surface area contributed by atoms with E-state index in [1.165, 1.54) is 23.0 Å². The quantitative estimate of drug-likeness (QED) is 0.455. The van der Waals surface area contributed by atoms with Gasteiger partial charge in [-0.25, -0.2) is 28.7 Å². The lowest BCUT2D eigenvalue weighted by molar-refractivity contribution is -0.109. The highest BCUT2D eigenvalue weighted by molar-refractivity contribution is 5.58. The van der Waals surface area contributed by atoms with Crippen LogP contribution in [0.15, 0.2) is 30.9 Å². The van der Waals surface area contributed by atoms with Gasteiger partial charge >= 0.3 is 0 Å². The molecule has 0 spiro atoms. The maximum Gasteiger partial charge on any atom is 0.281 e. The molecular weight excluding hydrogens is 356 g/mol. The van der Waals surface area contributed by atoms with Gasteiger partial charge in [0, 0.05) is 32.0 Å². The molecule has 0 aliphatic carbocycles. The Bertz CT molecular complexity index is 915. The number of anilines is 1. The highest BCUT2D eigenvalue weighted by Gasteiger charge is 2.15. The van der Waals surface area contributed by atoms with Crippen molar-refractivity contribution >= 4 is 17.9 Å². The zero-order valence-corrected chi connectivity index (χ0v) is 14.7. The second-order valence-electron chi connectivity index (χ2n) is 5.78. The molecule has 0 radical (unpaired) electrons. The molecule has 3 aromatic heterocycles. The van der Waals surface area contributed by atoms with Crippen LogP contribution in [0.2, 0.25) is 0 Å². The van der Waals surface area contributed by atoms with Crippen LogP contribution in [0.1, 0.15) is 25.5 Å². The zero-order chi connectivity index (χ0) is 19.2. The summed E-state index contributed by atoms with van der Waals surface area (Å²) < 4.78 is 27.5. The molecule has 142 valence electrons. The fraction of sp³-hybridized carbons (Fsp3) is 0.353. The van der Waals surface area contributed by atoms with Crippen LogP contribution in [0.5, 0.6) is 0 Å². The smallest absolute Gasteiger partial charge is 0.281 e. The molecule has 0 atom stereocenters. The molecule has 10 heteroatoms. The van der Waals surface area contributed by atoms with E-state index in [1.54, 1.807) is 12.3 Å². The largest absolute Gasteiger partial charge is 0.357 e. The first kappa shape index (κ1) is 18.6. The number of halogens is 2. The van der Waals surface area contributed by atoms with E-state index in [-0.39, 0.29) is 5.69 Å². The number of hydrogen-bond donors (Lipinski definition) is 1. The Morgan fingerprint density at radius 2 is 2.11 bits per heavy atom. The van der Waals surface area contributed by atoms with Gasteiger partial charge in [-0.15, -0.1) is 0 Å². The van der Waals surface area contributed by atoms with E-state index in [0.29, 0.717) is 42.5 Å². The van der Waals surface area contributed by atoms with Crippen molar-refractivity contribution in [2.45, 2.75) is 19.8 Å². The Balaban J connectivity index is 1.95. The number of nitrogens with zero attached hydrogens (tertiary/aromatic N) is 6. The first-order valence-electron chi connectivity index (χ1n) is 8.50. The van der Waals surface area contributed by atoms with Gasteiger partial charge in [-0.3, -0.25) is 9.20 Å². The van der Waals surface area contributed by atoms with Gasteiger partial charge in [-0.05, 0) is 12.5 Å². The summed E-state index contributed by atoms with van der Waals surface area (Å²) in [6, 6.07) is 1.77. The van der Waals surface area contributed by atoms with Crippen LogP contribution in [0.4, 0.5) is 14.6 Å². The zero-order valence-electron chi connectivity index (χ0n) is 14.7. The molecule has 0 bridgehead atoms. The summed E-state index contributed by atoms with van der Waals surface area (Å²) >= 11 is 0. The molecule has 3 heterocycles. The van der Waals surface area contributed by atoms with Crippen LogP contribution in [-0.4, -0.2) is 50.4 Å². The van der Waals surface area contributed by atoms with E-state index >= 15 is 0 Å². The monoisotopic (exact) mass is 375 g/mol. The van der Waals surface area contributed by atoms with Crippen LogP contribution in [-0.2, 0) is 4.79 Å². The molecule has 0 aliphatic rings. The number of alkyl halides is 2. The van der Waals surface area contributed by atoms with Crippen molar-refractivity contribution in [2.24, 2.45) is 0 Å². The molecule has 1 N–H and O–H groups in total. The van der Waals surface area contributed by atoms with E-state index in [0.717, 1.165) is 13.0 Å². The predicted octanol–water partition coefficient (Wildman–Crippen LogP) is 2.09. The Hall–Kier alpha value is -3.17. The van der Waals surface area contributed by atoms with Crippen molar-refractivity contribution in [1.29, 1.82) is 0 Å². The van der Waals surface area contributed by atoms with Gasteiger partial charge in [0.2, 0.25) is 6.41 Å². The first-order valence-corrected chi connectivity index (χ1v) is 8.50. The first-order chi connectivity index (χ1) is 13.1. The van der Waals surface area contributed by atoms with Gasteiger partial charge in [-0.1, -0.05) is 6.92 Å². The van der Waals surface area contributed by atoms with E-state index in [9.17, 15) is 13.6 Å². The molecule has 0 fully saturated rings. The maximum absolute atomic E-state index is 13.0. The molecule has 3 rings (SSSR count). The summed E-state index contributed by atoms with van der Waals surface area (Å²) in [5, 5.41) is 2.63. The minimum Gasteiger partial charge on any atom is -0.357 e. The summed E-state index contributed by atoms with van der Waals surface area (Å²) in [4.78, 5) is 29.2. The minimum absolute atomic E-state index is 0.342. The molecule has 1 amide bonds. The van der Waals surface area contributed by atoms with Gasteiger partial charge in [-0.2, -0.15) is 0 Å². The molecule has 0 saturated heterocycles. The fourth-order valence-corrected chi connectivity index (χ4v) is 2.70. The van der Waals surface area contributed by atoms with E-state index < -0.39 is 6.43 Å². The Labute approximate surface area is 154 Å². The maximum atomic E-state index is 13.0. The van der Waals surface area contributed by atoms with Crippen molar-refractivity contribution in [2.75, 3.05) is 24.5 Å². The summed E-state index contributed by atoms with van der Waals surface area (Å²) in [5.41, 5.74) is 0.591. The molecule has 0 aliphatic heterocycles. The van der Waals surface area contributed by atoms with Crippen LogP contribution in [0.25, 0.3) is 17.2 Å². The number of carbonyl (C=O) groups is 1. The van der Waals surface area contributed by atoms with E-state index in [4.69, 9.17) is 0 Å². The third-order valence-corrected chi connectivity index (χ3v) is 3.94. The van der Waals surface area contributed by atoms with Gasteiger partial charge in [0.1, 0.15) is 17.2 Å². The van der Waals surface area contributed by atoms with Crippen molar-refractivity contribution in [3.8, 4) is 11.5 Å². The molecule has 0 saturated carbocycles. The number of aromatic nitrogens is 5. The average molecular weight is 375 g/mol. The predicted molar refractivity (Wildman–Crippen MR) is 95.5 cm³/mol. The average Bonchev–Trinajstić information content (AvgIpc) is 3.11. The van der Waals surface area contributed by atoms with Crippen molar-refractivity contribution < 1.29 is 13.6 Å². The second-order valence-corrected chi connectivity index (χ2v) is 5.78. The van der Waals surface area contributed by atoms with Gasteiger partial charge in [0.15, 0.2) is 11.5 Å². The standard InChI is InChI=1S/C17H19F2N7O/c1-2-6-25(7-5-20-11-27)14-3-4-21-17(24-14)13-8-23-15-9-22-12(16(18)19)10-26(13)15/h3-4,8-11,16H,2,5-7H2,1H3,(H,20,27). The minimum atomic E-state index is -2.68. The van der Waals surface area contributed by atoms with Crippen LogP contribution < -0.4 is 10.2 Å². The summed E-state index contributed by atoms with van der Waals surface area (Å²) in [5.74, 6) is 1.06. The van der Waals surface area contributed by atoms with E-state index in [1.807, 2.05) is 11.8 Å². The number of nitrogens with one attached hydrogen (secondary N) is 1. The van der Waals surface area contributed by atoms with Crippen LogP contribution in [0.3, 0.4) is 0 Å². The lowest BCUT2D eigenvalue weighted by Crippen LogP contribution is -2.33. The summed E-state index contributed by atoms with van der Waals surface area (Å²) in [6.45, 7) is 3.88. The molecule has 3 aromatic rings. The molecule has 0 unspecified atom stereocenters. The Morgan fingerprint density at radius 1 is 1.26 bits per heavy atom. The highest BCUT2D eigenvalue weighted by atomic mass is 19.3. The number of hydrogen-bond acceptors (Lipinski definition) is 6. The third-order valence-electron chi connectivity index (χ3n) is 3.94. The SMILES string of the molecule is CCCN(CCNC=O)c1ccnc(-c2cnc3cnc(C(F)F)cn23)n1. The highest BCUT2D eigenvalue weighted by Crippen LogP contribution is 2.22. The number of fused-ring (bicyclic) bond motifs is 1. The number of imidazole rings is 1. The van der Waals surface area contributed by atoms with Gasteiger partial charge in [0.25, 0.3) is 6.43 Å². The van der Waals surface area contributed by atoms with Gasteiger partial charge < -0.3 is 10.2 Å². The lowest BCUT2D eigenvalue weighted by atomic mass is 10.3. The van der Waals surface area contributed by atoms with Gasteiger partial charge in [0.05, 0.1) is 12.4 Å². The van der Waals surface area contributed by atoms with Crippen molar-refractivity contribution in [3.63, 3.8) is 0 Å². The van der Waals surface area contributed by atoms with Crippen LogP contribution >= 0.6 is 0 Å². The normalized spacial score (nSPS) is 11.1. The summed E-state index contributed by atoms with van der Waals surface area (Å²) in [7, 11) is 0. The molecular formula is C17H19F2N7O. The number of rotatable bonds is 9. The van der Waals surface area contributed by atoms with Crippen molar-refractivity contribution in [3.05, 3.63) is 36.5 Å². The van der Waals surface area contributed by atoms with Crippen LogP contribution in [0, 0.1) is 0 Å². The topological polar surface area (TPSA) is 88.3 Å². The van der Waals surface area contributed by atoms with Crippen molar-refractivity contribution in [1.82, 2.24) is 29.7 Å². The number of carbonyl (C=O) groups excluding carboxylic acids is 1. The fourth-order valence-electron chi connectivity index (χ4n) is 2.70. The number of amides is 1. The third kappa shape index (κ3) is 4.15. The molecule has 27 heavy (non-hydrogen) atoms.